The van der Waals surface area contributed by atoms with E-state index in [2.05, 4.69) is 67.1 Å². The van der Waals surface area contributed by atoms with Crippen molar-refractivity contribution in [3.05, 3.63) is 38.2 Å². The van der Waals surface area contributed by atoms with E-state index >= 15 is 0 Å². The van der Waals surface area contributed by atoms with Crippen molar-refractivity contribution in [2.24, 2.45) is 0 Å². The molecular formula is C12H10IN5S. The molecule has 3 N–H and O–H groups in total. The van der Waals surface area contributed by atoms with Crippen LogP contribution in [0.4, 0.5) is 11.6 Å². The molecule has 0 atom stereocenters. The molecule has 0 bridgehead atoms. The third-order valence-electron chi connectivity index (χ3n) is 2.76. The van der Waals surface area contributed by atoms with Crippen LogP contribution in [0.2, 0.25) is 0 Å². The van der Waals surface area contributed by atoms with E-state index < -0.39 is 0 Å². The number of nitrogens with one attached hydrogen (secondary N) is 3. The van der Waals surface area contributed by atoms with Gasteiger partial charge in [-0.05, 0) is 47.2 Å². The van der Waals surface area contributed by atoms with Gasteiger partial charge in [0.2, 0.25) is 5.95 Å². The Bertz CT molecular complexity index is 807. The summed E-state index contributed by atoms with van der Waals surface area (Å²) in [4.78, 5) is 7.43. The molecule has 0 saturated heterocycles. The smallest absolute Gasteiger partial charge is 0.207 e. The fraction of sp³-hybridized carbons (Fsp3) is 0.0833. The molecule has 7 heteroatoms. The molecule has 19 heavy (non-hydrogen) atoms. The lowest BCUT2D eigenvalue weighted by atomic mass is 10.2. The minimum Gasteiger partial charge on any atom is -0.326 e. The van der Waals surface area contributed by atoms with Gasteiger partial charge in [-0.25, -0.2) is 4.98 Å². The Balaban J connectivity index is 2.00. The molecule has 2 aromatic heterocycles. The lowest BCUT2D eigenvalue weighted by molar-refractivity contribution is 1.09. The summed E-state index contributed by atoms with van der Waals surface area (Å²) in [6.45, 7) is 2.08. The van der Waals surface area contributed by atoms with Crippen LogP contribution in [-0.4, -0.2) is 20.2 Å². The van der Waals surface area contributed by atoms with E-state index in [1.54, 1.807) is 6.20 Å². The maximum Gasteiger partial charge on any atom is 0.207 e. The molecule has 0 unspecified atom stereocenters. The van der Waals surface area contributed by atoms with Crippen LogP contribution in [0.3, 0.4) is 0 Å². The molecular weight excluding hydrogens is 373 g/mol. The molecule has 0 aliphatic heterocycles. The fourth-order valence-electron chi connectivity index (χ4n) is 1.72. The number of halogens is 1. The van der Waals surface area contributed by atoms with Crippen LogP contribution in [0.25, 0.3) is 11.0 Å². The van der Waals surface area contributed by atoms with Gasteiger partial charge in [0, 0.05) is 9.26 Å². The van der Waals surface area contributed by atoms with Gasteiger partial charge in [-0.1, -0.05) is 18.3 Å². The van der Waals surface area contributed by atoms with E-state index in [-0.39, 0.29) is 0 Å². The quantitative estimate of drug-likeness (QED) is 0.467. The number of aryl methyl sites for hydroxylation is 1. The Morgan fingerprint density at radius 2 is 2.21 bits per heavy atom. The lowest BCUT2D eigenvalue weighted by Crippen LogP contribution is -1.98. The van der Waals surface area contributed by atoms with Crippen LogP contribution in [0.5, 0.6) is 0 Å². The topological polar surface area (TPSA) is 69.4 Å². The zero-order valence-corrected chi connectivity index (χ0v) is 13.0. The molecule has 0 aliphatic rings. The number of anilines is 2. The molecule has 5 nitrogen and oxygen atoms in total. The van der Waals surface area contributed by atoms with Gasteiger partial charge < -0.3 is 10.3 Å². The van der Waals surface area contributed by atoms with Crippen molar-refractivity contribution in [1.82, 2.24) is 20.2 Å². The number of fused-ring (bicyclic) bond motifs is 1. The molecule has 0 radical (unpaired) electrons. The van der Waals surface area contributed by atoms with Gasteiger partial charge in [-0.15, -0.1) is 0 Å². The molecule has 0 aliphatic carbocycles. The van der Waals surface area contributed by atoms with E-state index in [4.69, 9.17) is 12.2 Å². The van der Waals surface area contributed by atoms with E-state index in [0.717, 1.165) is 16.7 Å². The molecule has 0 amide bonds. The van der Waals surface area contributed by atoms with Crippen LogP contribution in [-0.2, 0) is 0 Å². The summed E-state index contributed by atoms with van der Waals surface area (Å²) < 4.78 is 1.72. The second kappa shape index (κ2) is 4.89. The number of hydrogen-bond acceptors (Lipinski definition) is 4. The predicted molar refractivity (Wildman–Crippen MR) is 86.3 cm³/mol. The average molecular weight is 383 g/mol. The first-order valence-corrected chi connectivity index (χ1v) is 7.09. The number of aromatic amines is 2. The summed E-state index contributed by atoms with van der Waals surface area (Å²) in [7, 11) is 0. The maximum atomic E-state index is 5.23. The van der Waals surface area contributed by atoms with Gasteiger partial charge in [0.05, 0.1) is 11.6 Å². The standard InChI is InChI=1S/C12H10IN5S/c1-6-2-3-7(4-9(6)13)15-12-16-10-8(5-14-18-10)11(19)17-12/h2-5H,1H3,(H3,14,15,16,17,18,19). The third-order valence-corrected chi connectivity index (χ3v) is 4.23. The molecule has 3 rings (SSSR count). The monoisotopic (exact) mass is 383 g/mol. The van der Waals surface area contributed by atoms with Crippen molar-refractivity contribution in [3.63, 3.8) is 0 Å². The summed E-state index contributed by atoms with van der Waals surface area (Å²) in [6.07, 6.45) is 1.67. The van der Waals surface area contributed by atoms with Crippen molar-refractivity contribution in [1.29, 1.82) is 0 Å². The Morgan fingerprint density at radius 3 is 3.00 bits per heavy atom. The Hall–Kier alpha value is -1.48. The molecule has 1 aromatic carbocycles. The van der Waals surface area contributed by atoms with E-state index in [0.29, 0.717) is 10.6 Å². The second-order valence-electron chi connectivity index (χ2n) is 4.14. The van der Waals surface area contributed by atoms with Crippen molar-refractivity contribution in [3.8, 4) is 0 Å². The first-order valence-electron chi connectivity index (χ1n) is 5.60. The van der Waals surface area contributed by atoms with Crippen molar-refractivity contribution < 1.29 is 0 Å². The van der Waals surface area contributed by atoms with Gasteiger partial charge in [0.1, 0.15) is 10.3 Å². The summed E-state index contributed by atoms with van der Waals surface area (Å²) in [5, 5.41) is 10.8. The fourth-order valence-corrected chi connectivity index (χ4v) is 2.48. The predicted octanol–water partition coefficient (Wildman–Crippen LogP) is 3.67. The van der Waals surface area contributed by atoms with Crippen LogP contribution in [0.1, 0.15) is 5.56 Å². The largest absolute Gasteiger partial charge is 0.326 e. The molecule has 3 aromatic rings. The number of aromatic nitrogens is 4. The summed E-state index contributed by atoms with van der Waals surface area (Å²) >= 11 is 7.53. The van der Waals surface area contributed by atoms with Gasteiger partial charge in [0.15, 0.2) is 0 Å². The Labute approximate surface area is 128 Å². The molecule has 0 spiro atoms. The van der Waals surface area contributed by atoms with E-state index in [1.807, 2.05) is 6.07 Å². The second-order valence-corrected chi connectivity index (χ2v) is 5.69. The SMILES string of the molecule is Cc1ccc(Nc2nc(=S)c3cn[nH]c3[nH]2)cc1I. The minimum atomic E-state index is 0.520. The minimum absolute atomic E-state index is 0.520. The van der Waals surface area contributed by atoms with E-state index in [1.165, 1.54) is 9.13 Å². The Morgan fingerprint density at radius 1 is 1.37 bits per heavy atom. The molecule has 96 valence electrons. The highest BCUT2D eigenvalue weighted by molar-refractivity contribution is 14.1. The van der Waals surface area contributed by atoms with Gasteiger partial charge in [-0.3, -0.25) is 5.10 Å². The van der Waals surface area contributed by atoms with Gasteiger partial charge >= 0.3 is 0 Å². The first kappa shape index (κ1) is 12.5. The van der Waals surface area contributed by atoms with Crippen LogP contribution < -0.4 is 5.32 Å². The van der Waals surface area contributed by atoms with Crippen molar-refractivity contribution >= 4 is 57.5 Å². The average Bonchev–Trinajstić information content (AvgIpc) is 2.82. The summed E-state index contributed by atoms with van der Waals surface area (Å²) in [5.74, 6) is 0.599. The number of rotatable bonds is 2. The van der Waals surface area contributed by atoms with Crippen molar-refractivity contribution in [2.45, 2.75) is 6.92 Å². The molecule has 0 fully saturated rings. The number of hydrogen-bond donors (Lipinski definition) is 3. The van der Waals surface area contributed by atoms with Gasteiger partial charge in [-0.2, -0.15) is 5.10 Å². The zero-order valence-electron chi connectivity index (χ0n) is 9.99. The van der Waals surface area contributed by atoms with E-state index in [9.17, 15) is 0 Å². The van der Waals surface area contributed by atoms with Gasteiger partial charge in [0.25, 0.3) is 0 Å². The first-order chi connectivity index (χ1) is 9.13. The number of H-pyrrole nitrogens is 2. The summed E-state index contributed by atoms with van der Waals surface area (Å²) in [6, 6.07) is 6.13. The summed E-state index contributed by atoms with van der Waals surface area (Å²) in [5.41, 5.74) is 2.98. The van der Waals surface area contributed by atoms with Crippen molar-refractivity contribution in [2.75, 3.05) is 5.32 Å². The maximum absolute atomic E-state index is 5.23. The third kappa shape index (κ3) is 2.47. The highest BCUT2D eigenvalue weighted by Gasteiger charge is 2.04. The number of nitrogens with zero attached hydrogens (tertiary/aromatic N) is 2. The zero-order chi connectivity index (χ0) is 13.4. The highest BCUT2D eigenvalue weighted by Crippen LogP contribution is 2.20. The Kier molecular flexibility index (Phi) is 3.23. The normalized spacial score (nSPS) is 10.8. The highest BCUT2D eigenvalue weighted by atomic mass is 127. The van der Waals surface area contributed by atoms with Crippen LogP contribution in [0.15, 0.2) is 24.4 Å². The number of benzene rings is 1. The molecule has 0 saturated carbocycles. The lowest BCUT2D eigenvalue weighted by Gasteiger charge is -2.07. The van der Waals surface area contributed by atoms with Crippen LogP contribution in [0, 0.1) is 15.1 Å². The molecule has 2 heterocycles. The van der Waals surface area contributed by atoms with Crippen LogP contribution >= 0.6 is 34.8 Å².